The van der Waals surface area contributed by atoms with Gasteiger partial charge in [0.15, 0.2) is 0 Å². The van der Waals surface area contributed by atoms with Gasteiger partial charge in [0.05, 0.1) is 20.2 Å². The van der Waals surface area contributed by atoms with Crippen LogP contribution in [-0.2, 0) is 6.42 Å². The molecule has 1 aromatic heterocycles. The van der Waals surface area contributed by atoms with Gasteiger partial charge in [0.25, 0.3) is 0 Å². The molecule has 0 fully saturated rings. The van der Waals surface area contributed by atoms with Gasteiger partial charge in [-0.15, -0.1) is 0 Å². The van der Waals surface area contributed by atoms with Crippen molar-refractivity contribution >= 4 is 10.9 Å². The summed E-state index contributed by atoms with van der Waals surface area (Å²) in [5.74, 6) is 0.927. The van der Waals surface area contributed by atoms with E-state index in [1.807, 2.05) is 6.07 Å². The molecule has 3 N–H and O–H groups in total. The molecular formula is C17H27N2O+. The molecule has 0 radical (unpaired) electrons. The second-order valence-corrected chi connectivity index (χ2v) is 6.73. The summed E-state index contributed by atoms with van der Waals surface area (Å²) < 4.78 is 5.34. The highest BCUT2D eigenvalue weighted by atomic mass is 16.5. The van der Waals surface area contributed by atoms with Crippen LogP contribution >= 0.6 is 0 Å². The predicted molar refractivity (Wildman–Crippen MR) is 84.4 cm³/mol. The number of hydrogen-bond acceptors (Lipinski definition) is 1. The Morgan fingerprint density at radius 1 is 1.25 bits per heavy atom. The Morgan fingerprint density at radius 2 is 2.00 bits per heavy atom. The van der Waals surface area contributed by atoms with Crippen molar-refractivity contribution in [2.45, 2.75) is 34.1 Å². The zero-order valence-corrected chi connectivity index (χ0v) is 13.3. The lowest BCUT2D eigenvalue weighted by Gasteiger charge is -2.15. The Kier molecular flexibility index (Phi) is 4.39. The van der Waals surface area contributed by atoms with Crippen LogP contribution in [0.25, 0.3) is 10.9 Å². The van der Waals surface area contributed by atoms with Crippen molar-refractivity contribution in [3.63, 3.8) is 0 Å². The average molecular weight is 275 g/mol. The molecule has 0 bridgehead atoms. The summed E-state index contributed by atoms with van der Waals surface area (Å²) in [7, 11) is 1.72. The van der Waals surface area contributed by atoms with Crippen molar-refractivity contribution in [2.75, 3.05) is 20.2 Å². The molecule has 1 heterocycles. The van der Waals surface area contributed by atoms with Crippen LogP contribution in [0, 0.1) is 12.3 Å². The number of ether oxygens (including phenoxy) is 1. The van der Waals surface area contributed by atoms with E-state index in [4.69, 9.17) is 4.74 Å². The van der Waals surface area contributed by atoms with E-state index in [2.05, 4.69) is 50.1 Å². The second-order valence-electron chi connectivity index (χ2n) is 6.73. The summed E-state index contributed by atoms with van der Waals surface area (Å²) in [6.07, 6.45) is 1.09. The third kappa shape index (κ3) is 3.54. The number of quaternary nitrogens is 1. The summed E-state index contributed by atoms with van der Waals surface area (Å²) in [5, 5.41) is 3.71. The van der Waals surface area contributed by atoms with E-state index in [-0.39, 0.29) is 0 Å². The normalized spacial score (nSPS) is 12.1. The van der Waals surface area contributed by atoms with Crippen molar-refractivity contribution in [2.24, 2.45) is 5.41 Å². The summed E-state index contributed by atoms with van der Waals surface area (Å²) in [6, 6.07) is 6.25. The maximum absolute atomic E-state index is 5.34. The number of aryl methyl sites for hydroxylation is 1. The minimum Gasteiger partial charge on any atom is -0.497 e. The first-order valence-electron chi connectivity index (χ1n) is 7.37. The van der Waals surface area contributed by atoms with Crippen molar-refractivity contribution in [1.29, 1.82) is 0 Å². The fourth-order valence-electron chi connectivity index (χ4n) is 2.59. The molecule has 0 atom stereocenters. The van der Waals surface area contributed by atoms with Gasteiger partial charge in [-0.3, -0.25) is 0 Å². The molecule has 1 aromatic carbocycles. The van der Waals surface area contributed by atoms with E-state index in [1.165, 1.54) is 22.2 Å². The predicted octanol–water partition coefficient (Wildman–Crippen LogP) is 2.64. The van der Waals surface area contributed by atoms with Crippen LogP contribution in [0.15, 0.2) is 18.2 Å². The van der Waals surface area contributed by atoms with Gasteiger partial charge in [-0.25, -0.2) is 0 Å². The van der Waals surface area contributed by atoms with Gasteiger partial charge in [0.1, 0.15) is 5.75 Å². The van der Waals surface area contributed by atoms with Gasteiger partial charge in [-0.2, -0.15) is 0 Å². The first kappa shape index (κ1) is 14.9. The van der Waals surface area contributed by atoms with Crippen molar-refractivity contribution in [1.82, 2.24) is 4.98 Å². The van der Waals surface area contributed by atoms with E-state index in [9.17, 15) is 0 Å². The smallest absolute Gasteiger partial charge is 0.119 e. The summed E-state index contributed by atoms with van der Waals surface area (Å²) in [5.41, 5.74) is 4.29. The molecule has 2 aromatic rings. The van der Waals surface area contributed by atoms with Crippen LogP contribution < -0.4 is 10.1 Å². The van der Waals surface area contributed by atoms with Gasteiger partial charge in [-0.05, 0) is 30.7 Å². The Morgan fingerprint density at radius 3 is 2.65 bits per heavy atom. The van der Waals surface area contributed by atoms with Crippen LogP contribution in [0.3, 0.4) is 0 Å². The fraction of sp³-hybridized carbons (Fsp3) is 0.529. The van der Waals surface area contributed by atoms with Gasteiger partial charge in [-0.1, -0.05) is 20.8 Å². The SMILES string of the molecule is COc1ccc2[nH]c(C)c(CC[NH2+]CC(C)(C)C)c2c1. The lowest BCUT2D eigenvalue weighted by Crippen LogP contribution is -2.86. The Balaban J connectivity index is 2.10. The second kappa shape index (κ2) is 5.88. The van der Waals surface area contributed by atoms with Crippen molar-refractivity contribution < 1.29 is 10.1 Å². The zero-order chi connectivity index (χ0) is 14.8. The molecule has 3 heteroatoms. The molecule has 20 heavy (non-hydrogen) atoms. The first-order valence-corrected chi connectivity index (χ1v) is 7.37. The summed E-state index contributed by atoms with van der Waals surface area (Å²) >= 11 is 0. The number of rotatable bonds is 5. The zero-order valence-electron chi connectivity index (χ0n) is 13.3. The van der Waals surface area contributed by atoms with Gasteiger partial charge < -0.3 is 15.0 Å². The van der Waals surface area contributed by atoms with E-state index < -0.39 is 0 Å². The molecule has 0 aliphatic heterocycles. The summed E-state index contributed by atoms with van der Waals surface area (Å²) in [4.78, 5) is 3.47. The number of nitrogens with one attached hydrogen (secondary N) is 1. The van der Waals surface area contributed by atoms with Crippen LogP contribution in [-0.4, -0.2) is 25.2 Å². The highest BCUT2D eigenvalue weighted by Crippen LogP contribution is 2.26. The Bertz CT molecular complexity index is 578. The molecule has 3 nitrogen and oxygen atoms in total. The highest BCUT2D eigenvalue weighted by Gasteiger charge is 2.13. The standard InChI is InChI=1S/C17H26N2O/c1-12-14(8-9-18-11-17(2,3)4)15-10-13(20-5)6-7-16(15)19-12/h6-7,10,18-19H,8-9,11H2,1-5H3/p+1. The maximum Gasteiger partial charge on any atom is 0.119 e. The van der Waals surface area contributed by atoms with E-state index in [0.29, 0.717) is 5.41 Å². The molecule has 0 aliphatic rings. The highest BCUT2D eigenvalue weighted by molar-refractivity contribution is 5.86. The number of hydrogen-bond donors (Lipinski definition) is 2. The average Bonchev–Trinajstić information content (AvgIpc) is 2.68. The van der Waals surface area contributed by atoms with Crippen LogP contribution in [0.5, 0.6) is 5.75 Å². The van der Waals surface area contributed by atoms with Gasteiger partial charge in [0, 0.05) is 28.4 Å². The minimum atomic E-state index is 0.387. The lowest BCUT2D eigenvalue weighted by atomic mass is 9.97. The third-order valence-corrected chi connectivity index (χ3v) is 3.68. The Labute approximate surface area is 121 Å². The van der Waals surface area contributed by atoms with Crippen LogP contribution in [0.2, 0.25) is 0 Å². The van der Waals surface area contributed by atoms with Crippen molar-refractivity contribution in [3.8, 4) is 5.75 Å². The molecule has 0 saturated carbocycles. The number of aromatic nitrogens is 1. The van der Waals surface area contributed by atoms with Crippen LogP contribution in [0.1, 0.15) is 32.0 Å². The molecule has 0 spiro atoms. The third-order valence-electron chi connectivity index (χ3n) is 3.68. The quantitative estimate of drug-likeness (QED) is 0.809. The number of benzene rings is 1. The van der Waals surface area contributed by atoms with Gasteiger partial charge >= 0.3 is 0 Å². The number of nitrogens with two attached hydrogens (primary N) is 1. The molecule has 110 valence electrons. The van der Waals surface area contributed by atoms with E-state index in [0.717, 1.165) is 25.3 Å². The largest absolute Gasteiger partial charge is 0.497 e. The molecule has 0 aliphatic carbocycles. The monoisotopic (exact) mass is 275 g/mol. The van der Waals surface area contributed by atoms with Crippen LogP contribution in [0.4, 0.5) is 0 Å². The number of fused-ring (bicyclic) bond motifs is 1. The number of methoxy groups -OCH3 is 1. The first-order chi connectivity index (χ1) is 9.40. The molecule has 2 rings (SSSR count). The molecule has 0 unspecified atom stereocenters. The van der Waals surface area contributed by atoms with Crippen molar-refractivity contribution in [3.05, 3.63) is 29.5 Å². The van der Waals surface area contributed by atoms with Gasteiger partial charge in [0.2, 0.25) is 0 Å². The lowest BCUT2D eigenvalue weighted by molar-refractivity contribution is -0.664. The molecular weight excluding hydrogens is 248 g/mol. The summed E-state index contributed by atoms with van der Waals surface area (Å²) in [6.45, 7) is 11.3. The molecule has 0 saturated heterocycles. The topological polar surface area (TPSA) is 41.6 Å². The molecule has 0 amide bonds. The van der Waals surface area contributed by atoms with E-state index >= 15 is 0 Å². The fourth-order valence-corrected chi connectivity index (χ4v) is 2.59. The van der Waals surface area contributed by atoms with E-state index in [1.54, 1.807) is 7.11 Å². The number of H-pyrrole nitrogens is 1. The number of aromatic amines is 1. The minimum absolute atomic E-state index is 0.387. The maximum atomic E-state index is 5.34. The Hall–Kier alpha value is -1.48.